The van der Waals surface area contributed by atoms with Crippen LogP contribution in [0.2, 0.25) is 0 Å². The molecule has 1 saturated heterocycles. The monoisotopic (exact) mass is 478 g/mol. The Labute approximate surface area is 205 Å². The number of hydrogen-bond donors (Lipinski definition) is 1. The lowest BCUT2D eigenvalue weighted by Crippen LogP contribution is -2.36. The summed E-state index contributed by atoms with van der Waals surface area (Å²) in [6.07, 6.45) is 7.93. The van der Waals surface area contributed by atoms with E-state index in [2.05, 4.69) is 41.4 Å². The van der Waals surface area contributed by atoms with E-state index in [1.165, 1.54) is 42.7 Å². The largest absolute Gasteiger partial charge is 0.347 e. The molecule has 1 fully saturated rings. The third-order valence-electron chi connectivity index (χ3n) is 7.42. The van der Waals surface area contributed by atoms with Gasteiger partial charge in [0.15, 0.2) is 0 Å². The van der Waals surface area contributed by atoms with Gasteiger partial charge in [-0.1, -0.05) is 37.1 Å². The average molecular weight is 479 g/mol. The van der Waals surface area contributed by atoms with Gasteiger partial charge in [-0.2, -0.15) is 0 Å². The molecule has 2 aromatic heterocycles. The molecule has 0 radical (unpaired) electrons. The average Bonchev–Trinajstić information content (AvgIpc) is 3.00. The van der Waals surface area contributed by atoms with E-state index in [4.69, 9.17) is 4.98 Å². The van der Waals surface area contributed by atoms with Gasteiger partial charge in [-0.15, -0.1) is 11.3 Å². The van der Waals surface area contributed by atoms with Crippen LogP contribution < -0.4 is 10.9 Å². The van der Waals surface area contributed by atoms with Gasteiger partial charge in [0.05, 0.1) is 10.3 Å². The van der Waals surface area contributed by atoms with Crippen LogP contribution in [0.1, 0.15) is 77.6 Å². The fourth-order valence-electron chi connectivity index (χ4n) is 5.28. The van der Waals surface area contributed by atoms with Crippen LogP contribution in [-0.4, -0.2) is 32.9 Å². The molecule has 180 valence electrons. The lowest BCUT2D eigenvalue weighted by Gasteiger charge is -2.33. The summed E-state index contributed by atoms with van der Waals surface area (Å²) in [5.41, 5.74) is 3.15. The minimum atomic E-state index is -0.133. The molecule has 1 atom stereocenters. The summed E-state index contributed by atoms with van der Waals surface area (Å²) in [7, 11) is 0. The summed E-state index contributed by atoms with van der Waals surface area (Å²) in [5, 5.41) is 3.66. The molecule has 0 saturated carbocycles. The summed E-state index contributed by atoms with van der Waals surface area (Å²) in [5.74, 6) is 0.730. The zero-order valence-electron chi connectivity index (χ0n) is 20.2. The number of fused-ring (bicyclic) bond motifs is 2. The zero-order valence-corrected chi connectivity index (χ0v) is 21.0. The van der Waals surface area contributed by atoms with E-state index in [1.807, 2.05) is 11.5 Å². The van der Waals surface area contributed by atoms with Gasteiger partial charge in [0.1, 0.15) is 10.7 Å². The van der Waals surface area contributed by atoms with Crippen molar-refractivity contribution in [3.05, 3.63) is 62.0 Å². The van der Waals surface area contributed by atoms with Crippen molar-refractivity contribution in [2.24, 2.45) is 0 Å². The maximum atomic E-state index is 13.2. The van der Waals surface area contributed by atoms with Crippen molar-refractivity contribution in [1.29, 1.82) is 0 Å². The van der Waals surface area contributed by atoms with Gasteiger partial charge in [0.25, 0.3) is 11.5 Å². The Morgan fingerprint density at radius 2 is 1.85 bits per heavy atom. The summed E-state index contributed by atoms with van der Waals surface area (Å²) in [6, 6.07) is 9.20. The van der Waals surface area contributed by atoms with Crippen LogP contribution in [0.4, 0.5) is 0 Å². The Kier molecular flexibility index (Phi) is 6.84. The lowest BCUT2D eigenvalue weighted by molar-refractivity contribution is 0.0954. The first-order valence-electron chi connectivity index (χ1n) is 12.6. The number of piperidine rings is 1. The van der Waals surface area contributed by atoms with Crippen LogP contribution in [0.5, 0.6) is 0 Å². The molecule has 4 heterocycles. The molecule has 6 nitrogen and oxygen atoms in total. The Morgan fingerprint density at radius 3 is 2.65 bits per heavy atom. The smallest absolute Gasteiger partial charge is 0.262 e. The summed E-state index contributed by atoms with van der Waals surface area (Å²) < 4.78 is 1.82. The number of benzene rings is 1. The Hall–Kier alpha value is -2.51. The van der Waals surface area contributed by atoms with Gasteiger partial charge in [-0.25, -0.2) is 4.98 Å². The highest BCUT2D eigenvalue weighted by Crippen LogP contribution is 2.28. The third-order valence-corrected chi connectivity index (χ3v) is 8.60. The maximum absolute atomic E-state index is 13.2. The van der Waals surface area contributed by atoms with E-state index >= 15 is 0 Å². The van der Waals surface area contributed by atoms with E-state index < -0.39 is 0 Å². The normalized spacial score (nSPS) is 19.1. The first-order chi connectivity index (χ1) is 16.5. The molecular weight excluding hydrogens is 444 g/mol. The minimum Gasteiger partial charge on any atom is -0.347 e. The quantitative estimate of drug-likeness (QED) is 0.572. The Bertz CT molecular complexity index is 1240. The number of hydrogen-bond acceptors (Lipinski definition) is 5. The second-order valence-corrected chi connectivity index (χ2v) is 10.8. The molecule has 0 aliphatic carbocycles. The van der Waals surface area contributed by atoms with Gasteiger partial charge >= 0.3 is 0 Å². The SMILES string of the molecule is Cc1c(C(=O)NCc2ccc(CN3CCCCC3C)cc2)sc2nc3n(c(=O)c12)CCCCC3. The second kappa shape index (κ2) is 10.0. The van der Waals surface area contributed by atoms with E-state index in [9.17, 15) is 9.59 Å². The lowest BCUT2D eigenvalue weighted by atomic mass is 10.0. The third kappa shape index (κ3) is 4.68. The first kappa shape index (κ1) is 23.2. The van der Waals surface area contributed by atoms with Gasteiger partial charge in [0.2, 0.25) is 0 Å². The van der Waals surface area contributed by atoms with Crippen LogP contribution >= 0.6 is 11.3 Å². The van der Waals surface area contributed by atoms with Gasteiger partial charge in [-0.3, -0.25) is 19.1 Å². The van der Waals surface area contributed by atoms with Gasteiger partial charge in [0, 0.05) is 32.1 Å². The fourth-order valence-corrected chi connectivity index (χ4v) is 6.39. The molecule has 1 N–H and O–H groups in total. The molecular formula is C27H34N4O2S. The number of likely N-dealkylation sites (tertiary alicyclic amines) is 1. The second-order valence-electron chi connectivity index (χ2n) is 9.85. The predicted octanol–water partition coefficient (Wildman–Crippen LogP) is 4.80. The summed E-state index contributed by atoms with van der Waals surface area (Å²) in [6.45, 7) is 7.54. The first-order valence-corrected chi connectivity index (χ1v) is 13.5. The topological polar surface area (TPSA) is 67.2 Å². The van der Waals surface area contributed by atoms with Crippen molar-refractivity contribution in [1.82, 2.24) is 19.8 Å². The van der Waals surface area contributed by atoms with E-state index in [0.29, 0.717) is 27.7 Å². The van der Waals surface area contributed by atoms with Crippen molar-refractivity contribution >= 4 is 27.5 Å². The standard InChI is InChI=1S/C27H34N4O2S/c1-18-8-5-7-14-30(18)17-21-12-10-20(11-13-21)16-28-25(32)24-19(2)23-26(34-24)29-22-9-4-3-6-15-31(22)27(23)33/h10-13,18H,3-9,14-17H2,1-2H3,(H,28,32). The van der Waals surface area contributed by atoms with Crippen molar-refractivity contribution in [3.63, 3.8) is 0 Å². The highest BCUT2D eigenvalue weighted by Gasteiger charge is 2.22. The fraction of sp³-hybridized carbons (Fsp3) is 0.519. The highest BCUT2D eigenvalue weighted by molar-refractivity contribution is 7.20. The molecule has 2 aliphatic rings. The van der Waals surface area contributed by atoms with Crippen molar-refractivity contribution in [3.8, 4) is 0 Å². The van der Waals surface area contributed by atoms with Crippen LogP contribution in [0, 0.1) is 6.92 Å². The van der Waals surface area contributed by atoms with Gasteiger partial charge < -0.3 is 5.32 Å². The van der Waals surface area contributed by atoms with Crippen LogP contribution in [0.3, 0.4) is 0 Å². The van der Waals surface area contributed by atoms with E-state index in [1.54, 1.807) is 0 Å². The molecule has 0 spiro atoms. The van der Waals surface area contributed by atoms with Crippen LogP contribution in [0.15, 0.2) is 29.1 Å². The zero-order chi connectivity index (χ0) is 23.7. The molecule has 7 heteroatoms. The van der Waals surface area contributed by atoms with Crippen molar-refractivity contribution in [2.75, 3.05) is 6.54 Å². The number of rotatable bonds is 5. The maximum Gasteiger partial charge on any atom is 0.262 e. The predicted molar refractivity (Wildman–Crippen MR) is 138 cm³/mol. The van der Waals surface area contributed by atoms with E-state index in [-0.39, 0.29) is 11.5 Å². The molecule has 3 aromatic rings. The summed E-state index contributed by atoms with van der Waals surface area (Å²) >= 11 is 1.34. The Balaban J connectivity index is 1.27. The van der Waals surface area contributed by atoms with E-state index in [0.717, 1.165) is 55.7 Å². The molecule has 1 amide bonds. The Morgan fingerprint density at radius 1 is 1.09 bits per heavy atom. The molecule has 1 unspecified atom stereocenters. The van der Waals surface area contributed by atoms with Gasteiger partial charge in [-0.05, 0) is 62.8 Å². The van der Waals surface area contributed by atoms with Crippen molar-refractivity contribution in [2.45, 2.75) is 84.5 Å². The van der Waals surface area contributed by atoms with Crippen LogP contribution in [-0.2, 0) is 26.1 Å². The number of carbonyl (C=O) groups is 1. The number of thiophene rings is 1. The number of amides is 1. The summed E-state index contributed by atoms with van der Waals surface area (Å²) in [4.78, 5) is 34.8. The number of nitrogens with zero attached hydrogens (tertiary/aromatic N) is 3. The minimum absolute atomic E-state index is 0.00770. The molecule has 0 bridgehead atoms. The highest BCUT2D eigenvalue weighted by atomic mass is 32.1. The molecule has 2 aliphatic heterocycles. The molecule has 34 heavy (non-hydrogen) atoms. The van der Waals surface area contributed by atoms with Crippen molar-refractivity contribution < 1.29 is 4.79 Å². The number of aromatic nitrogens is 2. The number of carbonyl (C=O) groups excluding carboxylic acids is 1. The number of aryl methyl sites for hydroxylation is 2. The molecule has 5 rings (SSSR count). The number of nitrogens with one attached hydrogen (secondary N) is 1. The van der Waals surface area contributed by atoms with Crippen LogP contribution in [0.25, 0.3) is 10.2 Å². The molecule has 1 aromatic carbocycles.